The summed E-state index contributed by atoms with van der Waals surface area (Å²) in [5.74, 6) is 0.101. The molecule has 0 radical (unpaired) electrons. The molecule has 1 aliphatic heterocycles. The number of carbonyl (C=O) groups excluding carboxylic acids is 1. The molecule has 0 spiro atoms. The maximum atomic E-state index is 12.1. The van der Waals surface area contributed by atoms with E-state index in [9.17, 15) is 4.79 Å². The zero-order valence-electron chi connectivity index (χ0n) is 9.35. The molecule has 1 aliphatic rings. The van der Waals surface area contributed by atoms with Crippen molar-refractivity contribution in [1.82, 2.24) is 14.9 Å². The standard InChI is InChI=1S/C12H13N3OS/c16-12(15-3-1-2-4-15)10-5-9(6-13-10)11-7-17-8-14-11/h5-8,13H,1-4H2. The van der Waals surface area contributed by atoms with Gasteiger partial charge in [0.15, 0.2) is 0 Å². The third kappa shape index (κ3) is 1.98. The number of likely N-dealkylation sites (tertiary alicyclic amines) is 1. The molecule has 1 saturated heterocycles. The highest BCUT2D eigenvalue weighted by Crippen LogP contribution is 2.21. The summed E-state index contributed by atoms with van der Waals surface area (Å²) in [6.45, 7) is 1.76. The molecule has 0 atom stereocenters. The van der Waals surface area contributed by atoms with Crippen molar-refractivity contribution < 1.29 is 4.79 Å². The molecule has 0 unspecified atom stereocenters. The van der Waals surface area contributed by atoms with E-state index in [1.807, 2.05) is 22.5 Å². The fourth-order valence-corrected chi connectivity index (χ4v) is 2.67. The van der Waals surface area contributed by atoms with E-state index in [1.54, 1.807) is 16.8 Å². The molecule has 0 aromatic carbocycles. The van der Waals surface area contributed by atoms with Crippen LogP contribution in [0.4, 0.5) is 0 Å². The molecule has 17 heavy (non-hydrogen) atoms. The smallest absolute Gasteiger partial charge is 0.270 e. The monoisotopic (exact) mass is 247 g/mol. The van der Waals surface area contributed by atoms with E-state index in [0.717, 1.165) is 37.2 Å². The Morgan fingerprint density at radius 3 is 2.94 bits per heavy atom. The molecular weight excluding hydrogens is 234 g/mol. The molecule has 3 rings (SSSR count). The topological polar surface area (TPSA) is 49.0 Å². The van der Waals surface area contributed by atoms with E-state index in [-0.39, 0.29) is 5.91 Å². The van der Waals surface area contributed by atoms with Gasteiger partial charge in [-0.15, -0.1) is 11.3 Å². The molecule has 1 amide bonds. The van der Waals surface area contributed by atoms with Crippen LogP contribution in [0.3, 0.4) is 0 Å². The van der Waals surface area contributed by atoms with E-state index in [2.05, 4.69) is 9.97 Å². The fraction of sp³-hybridized carbons (Fsp3) is 0.333. The van der Waals surface area contributed by atoms with Crippen molar-refractivity contribution in [2.24, 2.45) is 0 Å². The quantitative estimate of drug-likeness (QED) is 0.885. The Hall–Kier alpha value is -1.62. The van der Waals surface area contributed by atoms with Crippen LogP contribution >= 0.6 is 11.3 Å². The Kier molecular flexibility index (Phi) is 2.68. The molecule has 88 valence electrons. The zero-order chi connectivity index (χ0) is 11.7. The zero-order valence-corrected chi connectivity index (χ0v) is 10.2. The number of hydrogen-bond acceptors (Lipinski definition) is 3. The van der Waals surface area contributed by atoms with Crippen molar-refractivity contribution in [3.63, 3.8) is 0 Å². The van der Waals surface area contributed by atoms with Gasteiger partial charge in [-0.2, -0.15) is 0 Å². The summed E-state index contributed by atoms with van der Waals surface area (Å²) < 4.78 is 0. The number of aromatic amines is 1. The third-order valence-corrected chi connectivity index (χ3v) is 3.62. The van der Waals surface area contributed by atoms with Gasteiger partial charge in [-0.1, -0.05) is 0 Å². The first-order chi connectivity index (χ1) is 8.34. The molecule has 2 aromatic rings. The minimum atomic E-state index is 0.101. The van der Waals surface area contributed by atoms with Crippen molar-refractivity contribution in [1.29, 1.82) is 0 Å². The van der Waals surface area contributed by atoms with Crippen LogP contribution in [-0.2, 0) is 0 Å². The third-order valence-electron chi connectivity index (χ3n) is 3.03. The highest BCUT2D eigenvalue weighted by Gasteiger charge is 2.20. The first-order valence-electron chi connectivity index (χ1n) is 5.71. The molecule has 4 nitrogen and oxygen atoms in total. The first-order valence-corrected chi connectivity index (χ1v) is 6.65. The lowest BCUT2D eigenvalue weighted by Gasteiger charge is -2.13. The van der Waals surface area contributed by atoms with Gasteiger partial charge in [-0.25, -0.2) is 4.98 Å². The SMILES string of the molecule is O=C(c1cc(-c2cscn2)c[nH]1)N1CCCC1. The molecule has 3 heterocycles. The Morgan fingerprint density at radius 1 is 1.41 bits per heavy atom. The van der Waals surface area contributed by atoms with Crippen molar-refractivity contribution in [3.8, 4) is 11.3 Å². The minimum Gasteiger partial charge on any atom is -0.357 e. The van der Waals surface area contributed by atoms with Crippen LogP contribution in [0, 0.1) is 0 Å². The second-order valence-corrected chi connectivity index (χ2v) is 4.89. The van der Waals surface area contributed by atoms with Gasteiger partial charge in [0.2, 0.25) is 0 Å². The van der Waals surface area contributed by atoms with Gasteiger partial charge in [0.05, 0.1) is 11.2 Å². The number of nitrogens with zero attached hydrogens (tertiary/aromatic N) is 2. The normalized spacial score (nSPS) is 15.4. The number of rotatable bonds is 2. The molecule has 2 aromatic heterocycles. The molecule has 1 fully saturated rings. The van der Waals surface area contributed by atoms with E-state index in [1.165, 1.54) is 0 Å². The lowest BCUT2D eigenvalue weighted by atomic mass is 10.2. The average Bonchev–Trinajstić information content (AvgIpc) is 3.09. The van der Waals surface area contributed by atoms with Crippen molar-refractivity contribution >= 4 is 17.2 Å². The van der Waals surface area contributed by atoms with Crippen molar-refractivity contribution in [2.45, 2.75) is 12.8 Å². The highest BCUT2D eigenvalue weighted by molar-refractivity contribution is 7.07. The van der Waals surface area contributed by atoms with E-state index in [0.29, 0.717) is 5.69 Å². The maximum Gasteiger partial charge on any atom is 0.270 e. The van der Waals surface area contributed by atoms with Gasteiger partial charge < -0.3 is 9.88 Å². The molecule has 5 heteroatoms. The maximum absolute atomic E-state index is 12.1. The van der Waals surface area contributed by atoms with Crippen LogP contribution in [0.1, 0.15) is 23.3 Å². The summed E-state index contributed by atoms with van der Waals surface area (Å²) >= 11 is 1.56. The lowest BCUT2D eigenvalue weighted by molar-refractivity contribution is 0.0788. The number of nitrogens with one attached hydrogen (secondary N) is 1. The van der Waals surface area contributed by atoms with Crippen LogP contribution in [0.2, 0.25) is 0 Å². The number of hydrogen-bond donors (Lipinski definition) is 1. The summed E-state index contributed by atoms with van der Waals surface area (Å²) in [5, 5.41) is 1.98. The molecular formula is C12H13N3OS. The summed E-state index contributed by atoms with van der Waals surface area (Å²) in [6, 6.07) is 1.88. The molecule has 0 bridgehead atoms. The number of aromatic nitrogens is 2. The number of amides is 1. The first kappa shape index (κ1) is 10.5. The Bertz CT molecular complexity index is 512. The summed E-state index contributed by atoms with van der Waals surface area (Å²) in [7, 11) is 0. The van der Waals surface area contributed by atoms with Crippen LogP contribution in [0.25, 0.3) is 11.3 Å². The van der Waals surface area contributed by atoms with Gasteiger partial charge in [-0.3, -0.25) is 4.79 Å². The predicted molar refractivity (Wildman–Crippen MR) is 67.0 cm³/mol. The van der Waals surface area contributed by atoms with E-state index in [4.69, 9.17) is 0 Å². The van der Waals surface area contributed by atoms with Gasteiger partial charge in [0, 0.05) is 30.2 Å². The highest BCUT2D eigenvalue weighted by atomic mass is 32.1. The molecule has 0 saturated carbocycles. The predicted octanol–water partition coefficient (Wildman–Crippen LogP) is 2.37. The van der Waals surface area contributed by atoms with Gasteiger partial charge in [0.25, 0.3) is 5.91 Å². The number of carbonyl (C=O) groups is 1. The van der Waals surface area contributed by atoms with Gasteiger partial charge >= 0.3 is 0 Å². The second kappa shape index (κ2) is 4.33. The Morgan fingerprint density at radius 2 is 2.24 bits per heavy atom. The minimum absolute atomic E-state index is 0.101. The number of thiazole rings is 1. The van der Waals surface area contributed by atoms with Crippen LogP contribution in [0.15, 0.2) is 23.2 Å². The van der Waals surface area contributed by atoms with Crippen LogP contribution in [-0.4, -0.2) is 33.9 Å². The summed E-state index contributed by atoms with van der Waals surface area (Å²) in [4.78, 5) is 21.3. The summed E-state index contributed by atoms with van der Waals surface area (Å²) in [6.07, 6.45) is 4.08. The second-order valence-electron chi connectivity index (χ2n) is 4.18. The van der Waals surface area contributed by atoms with Crippen LogP contribution in [0.5, 0.6) is 0 Å². The Labute approximate surface area is 103 Å². The van der Waals surface area contributed by atoms with Gasteiger partial charge in [0.1, 0.15) is 5.69 Å². The van der Waals surface area contributed by atoms with Gasteiger partial charge in [-0.05, 0) is 18.9 Å². The number of H-pyrrole nitrogens is 1. The lowest BCUT2D eigenvalue weighted by Crippen LogP contribution is -2.27. The largest absolute Gasteiger partial charge is 0.357 e. The summed E-state index contributed by atoms with van der Waals surface area (Å²) in [5.41, 5.74) is 4.36. The van der Waals surface area contributed by atoms with Crippen LogP contribution < -0.4 is 0 Å². The fourth-order valence-electron chi connectivity index (χ4n) is 2.11. The van der Waals surface area contributed by atoms with E-state index < -0.39 is 0 Å². The molecule has 0 aliphatic carbocycles. The Balaban J connectivity index is 1.82. The van der Waals surface area contributed by atoms with Crippen molar-refractivity contribution in [3.05, 3.63) is 28.8 Å². The average molecular weight is 247 g/mol. The van der Waals surface area contributed by atoms with Crippen molar-refractivity contribution in [2.75, 3.05) is 13.1 Å². The van der Waals surface area contributed by atoms with E-state index >= 15 is 0 Å². The molecule has 1 N–H and O–H groups in total.